The molecule has 0 amide bonds. The fraction of sp³-hybridized carbons (Fsp3) is 0.538. The van der Waals surface area contributed by atoms with E-state index < -0.39 is 0 Å². The minimum absolute atomic E-state index is 0.628. The van der Waals surface area contributed by atoms with Crippen LogP contribution in [0.2, 0.25) is 0 Å². The maximum Gasteiger partial charge on any atom is 0.0342 e. The molecule has 1 nitrogen and oxygen atoms in total. The van der Waals surface area contributed by atoms with Gasteiger partial charge >= 0.3 is 0 Å². The first-order valence-electron chi connectivity index (χ1n) is 5.59. The quantitative estimate of drug-likeness (QED) is 0.742. The van der Waals surface area contributed by atoms with Crippen LogP contribution in [0.5, 0.6) is 0 Å². The van der Waals surface area contributed by atoms with Crippen molar-refractivity contribution in [2.24, 2.45) is 0 Å². The Hall–Kier alpha value is -0.980. The Morgan fingerprint density at radius 3 is 2.29 bits per heavy atom. The minimum Gasteiger partial charge on any atom is -0.382 e. The molecule has 1 rings (SSSR count). The zero-order valence-corrected chi connectivity index (χ0v) is 9.51. The van der Waals surface area contributed by atoms with Gasteiger partial charge in [0.1, 0.15) is 0 Å². The second-order valence-electron chi connectivity index (χ2n) is 3.90. The Bertz CT molecular complexity index is 250. The predicted octanol–water partition coefficient (Wildman–Crippen LogP) is 3.99. The monoisotopic (exact) mass is 191 g/mol. The van der Waals surface area contributed by atoms with Crippen LogP contribution in [-0.2, 0) is 0 Å². The number of aryl methyl sites for hydroxylation is 1. The van der Waals surface area contributed by atoms with Crippen molar-refractivity contribution in [2.75, 3.05) is 5.32 Å². The van der Waals surface area contributed by atoms with Crippen LogP contribution >= 0.6 is 0 Å². The molecule has 1 N–H and O–H groups in total. The van der Waals surface area contributed by atoms with Gasteiger partial charge in [0, 0.05) is 11.7 Å². The van der Waals surface area contributed by atoms with Gasteiger partial charge in [-0.25, -0.2) is 0 Å². The molecule has 0 aliphatic heterocycles. The predicted molar refractivity (Wildman–Crippen MR) is 63.8 cm³/mol. The maximum absolute atomic E-state index is 3.56. The number of hydrogen-bond donors (Lipinski definition) is 1. The molecule has 0 saturated heterocycles. The van der Waals surface area contributed by atoms with Crippen LogP contribution in [0.4, 0.5) is 5.69 Å². The second-order valence-corrected chi connectivity index (χ2v) is 3.90. The molecule has 0 fully saturated rings. The Morgan fingerprint density at radius 2 is 1.79 bits per heavy atom. The van der Waals surface area contributed by atoms with Crippen molar-refractivity contribution in [1.82, 2.24) is 0 Å². The molecule has 0 heterocycles. The summed E-state index contributed by atoms with van der Waals surface area (Å²) in [6.07, 6.45) is 3.70. The van der Waals surface area contributed by atoms with Crippen molar-refractivity contribution in [1.29, 1.82) is 0 Å². The summed E-state index contributed by atoms with van der Waals surface area (Å²) < 4.78 is 0. The van der Waals surface area contributed by atoms with E-state index in [1.165, 1.54) is 30.5 Å². The third-order valence-corrected chi connectivity index (χ3v) is 2.55. The van der Waals surface area contributed by atoms with Gasteiger partial charge in [0.25, 0.3) is 0 Å². The van der Waals surface area contributed by atoms with Crippen LogP contribution < -0.4 is 5.32 Å². The van der Waals surface area contributed by atoms with Crippen LogP contribution in [0.25, 0.3) is 0 Å². The summed E-state index contributed by atoms with van der Waals surface area (Å²) >= 11 is 0. The van der Waals surface area contributed by atoms with Crippen molar-refractivity contribution in [2.45, 2.75) is 46.1 Å². The summed E-state index contributed by atoms with van der Waals surface area (Å²) in [5, 5.41) is 3.56. The number of nitrogens with one attached hydrogen (secondary N) is 1. The molecule has 14 heavy (non-hydrogen) atoms. The van der Waals surface area contributed by atoms with Gasteiger partial charge in [-0.05, 0) is 31.9 Å². The zero-order chi connectivity index (χ0) is 10.4. The molecule has 0 aliphatic carbocycles. The van der Waals surface area contributed by atoms with E-state index in [0.717, 1.165) is 0 Å². The first-order valence-corrected chi connectivity index (χ1v) is 5.59. The highest BCUT2D eigenvalue weighted by Crippen LogP contribution is 2.13. The van der Waals surface area contributed by atoms with E-state index in [0.29, 0.717) is 6.04 Å². The standard InChI is InChI=1S/C13H21N/c1-4-6-12(5-2)14-13-9-7-11(3)8-10-13/h7-10,12,14H,4-6H2,1-3H3. The van der Waals surface area contributed by atoms with Gasteiger partial charge in [0.15, 0.2) is 0 Å². The molecule has 1 aromatic rings. The smallest absolute Gasteiger partial charge is 0.0342 e. The first kappa shape index (κ1) is 11.1. The lowest BCUT2D eigenvalue weighted by Crippen LogP contribution is -2.17. The molecule has 0 bridgehead atoms. The molecule has 0 aliphatic rings. The zero-order valence-electron chi connectivity index (χ0n) is 9.51. The largest absolute Gasteiger partial charge is 0.382 e. The summed E-state index contributed by atoms with van der Waals surface area (Å²) in [7, 11) is 0. The lowest BCUT2D eigenvalue weighted by Gasteiger charge is -2.17. The average molecular weight is 191 g/mol. The van der Waals surface area contributed by atoms with Gasteiger partial charge in [0.05, 0.1) is 0 Å². The fourth-order valence-corrected chi connectivity index (χ4v) is 1.61. The summed E-state index contributed by atoms with van der Waals surface area (Å²) in [4.78, 5) is 0. The normalized spacial score (nSPS) is 12.5. The Kier molecular flexibility index (Phi) is 4.51. The van der Waals surface area contributed by atoms with Gasteiger partial charge in [0.2, 0.25) is 0 Å². The first-order chi connectivity index (χ1) is 6.76. The maximum atomic E-state index is 3.56. The second kappa shape index (κ2) is 5.69. The van der Waals surface area contributed by atoms with Gasteiger partial charge in [-0.3, -0.25) is 0 Å². The topological polar surface area (TPSA) is 12.0 Å². The number of rotatable bonds is 5. The van der Waals surface area contributed by atoms with Crippen molar-refractivity contribution in [3.8, 4) is 0 Å². The highest BCUT2D eigenvalue weighted by molar-refractivity contribution is 5.45. The summed E-state index contributed by atoms with van der Waals surface area (Å²) in [6, 6.07) is 9.26. The lowest BCUT2D eigenvalue weighted by atomic mass is 10.1. The fourth-order valence-electron chi connectivity index (χ4n) is 1.61. The van der Waals surface area contributed by atoms with Crippen molar-refractivity contribution >= 4 is 5.69 Å². The molecule has 1 aromatic carbocycles. The van der Waals surface area contributed by atoms with E-state index in [-0.39, 0.29) is 0 Å². The molecule has 0 spiro atoms. The van der Waals surface area contributed by atoms with Gasteiger partial charge in [-0.1, -0.05) is 38.0 Å². The van der Waals surface area contributed by atoms with Gasteiger partial charge in [-0.15, -0.1) is 0 Å². The molecular formula is C13H21N. The molecule has 1 atom stereocenters. The Balaban J connectivity index is 2.53. The molecule has 1 unspecified atom stereocenters. The average Bonchev–Trinajstić information content (AvgIpc) is 2.20. The number of hydrogen-bond acceptors (Lipinski definition) is 1. The summed E-state index contributed by atoms with van der Waals surface area (Å²) in [6.45, 7) is 6.59. The minimum atomic E-state index is 0.628. The number of anilines is 1. The molecular weight excluding hydrogens is 170 g/mol. The van der Waals surface area contributed by atoms with Crippen molar-refractivity contribution in [3.63, 3.8) is 0 Å². The van der Waals surface area contributed by atoms with E-state index >= 15 is 0 Å². The molecule has 78 valence electrons. The van der Waals surface area contributed by atoms with Crippen LogP contribution in [0.1, 0.15) is 38.7 Å². The third kappa shape index (κ3) is 3.41. The van der Waals surface area contributed by atoms with E-state index in [1.807, 2.05) is 0 Å². The van der Waals surface area contributed by atoms with E-state index in [2.05, 4.69) is 50.4 Å². The van der Waals surface area contributed by atoms with Crippen molar-refractivity contribution < 1.29 is 0 Å². The lowest BCUT2D eigenvalue weighted by molar-refractivity contribution is 0.623. The third-order valence-electron chi connectivity index (χ3n) is 2.55. The van der Waals surface area contributed by atoms with E-state index in [1.54, 1.807) is 0 Å². The van der Waals surface area contributed by atoms with Crippen molar-refractivity contribution in [3.05, 3.63) is 29.8 Å². The summed E-state index contributed by atoms with van der Waals surface area (Å²) in [5.41, 5.74) is 2.56. The molecule has 0 aromatic heterocycles. The SMILES string of the molecule is CCCC(CC)Nc1ccc(C)cc1. The highest BCUT2D eigenvalue weighted by Gasteiger charge is 2.03. The highest BCUT2D eigenvalue weighted by atomic mass is 14.9. The molecule has 0 saturated carbocycles. The van der Waals surface area contributed by atoms with Gasteiger partial charge in [-0.2, -0.15) is 0 Å². The Morgan fingerprint density at radius 1 is 1.14 bits per heavy atom. The van der Waals surface area contributed by atoms with Crippen LogP contribution in [-0.4, -0.2) is 6.04 Å². The van der Waals surface area contributed by atoms with Crippen LogP contribution in [0, 0.1) is 6.92 Å². The number of benzene rings is 1. The van der Waals surface area contributed by atoms with Gasteiger partial charge < -0.3 is 5.32 Å². The van der Waals surface area contributed by atoms with E-state index in [9.17, 15) is 0 Å². The Labute approximate surface area is 87.5 Å². The van der Waals surface area contributed by atoms with Crippen LogP contribution in [0.15, 0.2) is 24.3 Å². The molecule has 1 heteroatoms. The molecule has 0 radical (unpaired) electrons. The van der Waals surface area contributed by atoms with Crippen LogP contribution in [0.3, 0.4) is 0 Å². The van der Waals surface area contributed by atoms with E-state index in [4.69, 9.17) is 0 Å². The summed E-state index contributed by atoms with van der Waals surface area (Å²) in [5.74, 6) is 0.